The van der Waals surface area contributed by atoms with Gasteiger partial charge < -0.3 is 19.8 Å². The summed E-state index contributed by atoms with van der Waals surface area (Å²) in [6, 6.07) is 15.2. The van der Waals surface area contributed by atoms with E-state index in [0.29, 0.717) is 30.4 Å². The Morgan fingerprint density at radius 1 is 1.16 bits per heavy atom. The lowest BCUT2D eigenvalue weighted by atomic mass is 10.3. The molecule has 7 heteroatoms. The topological polar surface area (TPSA) is 76.2 Å². The van der Waals surface area contributed by atoms with Crippen LogP contribution < -0.4 is 14.8 Å². The van der Waals surface area contributed by atoms with Crippen molar-refractivity contribution in [1.29, 1.82) is 0 Å². The number of rotatable bonds is 8. The van der Waals surface area contributed by atoms with Crippen molar-refractivity contribution in [3.63, 3.8) is 0 Å². The third kappa shape index (κ3) is 4.67. The SMILES string of the molecule is COc1ccccc1OCCNC(=O)CSc1nc2ccccc2[nH]1. The van der Waals surface area contributed by atoms with E-state index in [1.165, 1.54) is 11.8 Å². The number of aromatic amines is 1. The van der Waals surface area contributed by atoms with Gasteiger partial charge in [-0.1, -0.05) is 36.0 Å². The fraction of sp³-hybridized carbons (Fsp3) is 0.222. The van der Waals surface area contributed by atoms with E-state index < -0.39 is 0 Å². The first-order chi connectivity index (χ1) is 12.3. The monoisotopic (exact) mass is 357 g/mol. The summed E-state index contributed by atoms with van der Waals surface area (Å²) in [5, 5.41) is 3.56. The number of H-pyrrole nitrogens is 1. The van der Waals surface area contributed by atoms with Gasteiger partial charge in [-0.25, -0.2) is 4.98 Å². The van der Waals surface area contributed by atoms with E-state index in [2.05, 4.69) is 15.3 Å². The largest absolute Gasteiger partial charge is 0.493 e. The van der Waals surface area contributed by atoms with E-state index >= 15 is 0 Å². The molecular formula is C18H19N3O3S. The maximum absolute atomic E-state index is 11.9. The zero-order valence-corrected chi connectivity index (χ0v) is 14.6. The quantitative estimate of drug-likeness (QED) is 0.479. The number of carbonyl (C=O) groups is 1. The second-order valence-corrected chi connectivity index (χ2v) is 6.16. The standard InChI is InChI=1S/C18H19N3O3S/c1-23-15-8-4-5-9-16(15)24-11-10-19-17(22)12-25-18-20-13-6-2-3-7-14(13)21-18/h2-9H,10-12H2,1H3,(H,19,22)(H,20,21). The van der Waals surface area contributed by atoms with Gasteiger partial charge in [0.2, 0.25) is 5.91 Å². The molecule has 0 aliphatic carbocycles. The predicted molar refractivity (Wildman–Crippen MR) is 98.3 cm³/mol. The Morgan fingerprint density at radius 3 is 2.72 bits per heavy atom. The van der Waals surface area contributed by atoms with Crippen molar-refractivity contribution in [1.82, 2.24) is 15.3 Å². The molecule has 25 heavy (non-hydrogen) atoms. The number of fused-ring (bicyclic) bond motifs is 1. The van der Waals surface area contributed by atoms with E-state index in [-0.39, 0.29) is 5.91 Å². The van der Waals surface area contributed by atoms with Crippen LogP contribution in [0.5, 0.6) is 11.5 Å². The van der Waals surface area contributed by atoms with Gasteiger partial charge in [-0.2, -0.15) is 0 Å². The first-order valence-electron chi connectivity index (χ1n) is 7.86. The summed E-state index contributed by atoms with van der Waals surface area (Å²) < 4.78 is 10.8. The summed E-state index contributed by atoms with van der Waals surface area (Å²) in [5.41, 5.74) is 1.87. The number of benzene rings is 2. The molecule has 2 aromatic carbocycles. The van der Waals surface area contributed by atoms with Crippen molar-refractivity contribution in [2.24, 2.45) is 0 Å². The minimum atomic E-state index is -0.0610. The Hall–Kier alpha value is -2.67. The second-order valence-electron chi connectivity index (χ2n) is 5.20. The lowest BCUT2D eigenvalue weighted by molar-refractivity contribution is -0.118. The smallest absolute Gasteiger partial charge is 0.230 e. The summed E-state index contributed by atoms with van der Waals surface area (Å²) in [5.74, 6) is 1.58. The number of nitrogens with zero attached hydrogens (tertiary/aromatic N) is 1. The first-order valence-corrected chi connectivity index (χ1v) is 8.85. The molecular weight excluding hydrogens is 338 g/mol. The highest BCUT2D eigenvalue weighted by atomic mass is 32.2. The van der Waals surface area contributed by atoms with Crippen molar-refractivity contribution in [3.05, 3.63) is 48.5 Å². The molecule has 3 aromatic rings. The van der Waals surface area contributed by atoms with Crippen molar-refractivity contribution in [2.45, 2.75) is 5.16 Å². The fourth-order valence-electron chi connectivity index (χ4n) is 2.27. The lowest BCUT2D eigenvalue weighted by Crippen LogP contribution is -2.29. The van der Waals surface area contributed by atoms with Crippen LogP contribution in [0.4, 0.5) is 0 Å². The summed E-state index contributed by atoms with van der Waals surface area (Å²) in [6.07, 6.45) is 0. The number of nitrogens with one attached hydrogen (secondary N) is 2. The third-order valence-electron chi connectivity index (χ3n) is 3.46. The molecule has 0 saturated heterocycles. The number of thioether (sulfide) groups is 1. The zero-order chi connectivity index (χ0) is 17.5. The van der Waals surface area contributed by atoms with Crippen molar-refractivity contribution < 1.29 is 14.3 Å². The Bertz CT molecular complexity index is 817. The Labute approximate surface area is 149 Å². The van der Waals surface area contributed by atoms with Crippen molar-refractivity contribution in [2.75, 3.05) is 26.0 Å². The van der Waals surface area contributed by atoms with Gasteiger partial charge in [0.15, 0.2) is 16.7 Å². The molecule has 130 valence electrons. The highest BCUT2D eigenvalue weighted by molar-refractivity contribution is 7.99. The van der Waals surface area contributed by atoms with E-state index in [1.807, 2.05) is 48.5 Å². The van der Waals surface area contributed by atoms with Crippen LogP contribution in [0.3, 0.4) is 0 Å². The van der Waals surface area contributed by atoms with Crippen LogP contribution in [-0.2, 0) is 4.79 Å². The molecule has 0 radical (unpaired) electrons. The van der Waals surface area contributed by atoms with Gasteiger partial charge in [0.05, 0.1) is 30.4 Å². The molecule has 0 unspecified atom stereocenters. The molecule has 0 fully saturated rings. The van der Waals surface area contributed by atoms with E-state index in [9.17, 15) is 4.79 Å². The number of imidazole rings is 1. The highest BCUT2D eigenvalue weighted by Gasteiger charge is 2.07. The number of amides is 1. The van der Waals surface area contributed by atoms with Crippen LogP contribution in [0.25, 0.3) is 11.0 Å². The van der Waals surface area contributed by atoms with Gasteiger partial charge in [0, 0.05) is 0 Å². The minimum Gasteiger partial charge on any atom is -0.493 e. The second kappa shape index (κ2) is 8.43. The van der Waals surface area contributed by atoms with E-state index in [4.69, 9.17) is 9.47 Å². The third-order valence-corrected chi connectivity index (χ3v) is 4.33. The van der Waals surface area contributed by atoms with Gasteiger partial charge in [0.1, 0.15) is 6.61 Å². The molecule has 6 nitrogen and oxygen atoms in total. The van der Waals surface area contributed by atoms with Gasteiger partial charge >= 0.3 is 0 Å². The van der Waals surface area contributed by atoms with Gasteiger partial charge in [-0.15, -0.1) is 0 Å². The van der Waals surface area contributed by atoms with Crippen LogP contribution in [0.2, 0.25) is 0 Å². The van der Waals surface area contributed by atoms with Gasteiger partial charge in [0.25, 0.3) is 0 Å². The average molecular weight is 357 g/mol. The highest BCUT2D eigenvalue weighted by Crippen LogP contribution is 2.25. The maximum atomic E-state index is 11.9. The fourth-order valence-corrected chi connectivity index (χ4v) is 2.99. The Kier molecular flexibility index (Phi) is 5.79. The van der Waals surface area contributed by atoms with Crippen LogP contribution in [-0.4, -0.2) is 41.9 Å². The number of methoxy groups -OCH3 is 1. The number of carbonyl (C=O) groups excluding carboxylic acids is 1. The number of aromatic nitrogens is 2. The van der Waals surface area contributed by atoms with Crippen molar-refractivity contribution in [3.8, 4) is 11.5 Å². The summed E-state index contributed by atoms with van der Waals surface area (Å²) in [6.45, 7) is 0.805. The number of hydrogen-bond acceptors (Lipinski definition) is 5. The Morgan fingerprint density at radius 2 is 1.92 bits per heavy atom. The maximum Gasteiger partial charge on any atom is 0.230 e. The van der Waals surface area contributed by atoms with Gasteiger partial charge in [-0.05, 0) is 24.3 Å². The van der Waals surface area contributed by atoms with Crippen LogP contribution >= 0.6 is 11.8 Å². The zero-order valence-electron chi connectivity index (χ0n) is 13.8. The molecule has 0 aliphatic heterocycles. The van der Waals surface area contributed by atoms with E-state index in [1.54, 1.807) is 7.11 Å². The minimum absolute atomic E-state index is 0.0610. The summed E-state index contributed by atoms with van der Waals surface area (Å²) in [4.78, 5) is 19.5. The van der Waals surface area contributed by atoms with Crippen LogP contribution in [0.15, 0.2) is 53.7 Å². The van der Waals surface area contributed by atoms with E-state index in [0.717, 1.165) is 16.2 Å². The molecule has 1 heterocycles. The Balaban J connectivity index is 1.39. The molecule has 0 atom stereocenters. The lowest BCUT2D eigenvalue weighted by Gasteiger charge is -2.10. The van der Waals surface area contributed by atoms with Crippen LogP contribution in [0, 0.1) is 0 Å². The number of para-hydroxylation sites is 4. The molecule has 1 aromatic heterocycles. The molecule has 0 saturated carbocycles. The molecule has 0 bridgehead atoms. The number of ether oxygens (including phenoxy) is 2. The predicted octanol–water partition coefficient (Wildman–Crippen LogP) is 2.86. The van der Waals surface area contributed by atoms with Gasteiger partial charge in [-0.3, -0.25) is 4.79 Å². The molecule has 2 N–H and O–H groups in total. The molecule has 0 spiro atoms. The summed E-state index contributed by atoms with van der Waals surface area (Å²) in [7, 11) is 1.60. The molecule has 0 aliphatic rings. The van der Waals surface area contributed by atoms with Crippen molar-refractivity contribution >= 4 is 28.7 Å². The average Bonchev–Trinajstić information content (AvgIpc) is 3.07. The summed E-state index contributed by atoms with van der Waals surface area (Å²) >= 11 is 1.38. The number of hydrogen-bond donors (Lipinski definition) is 2. The normalized spacial score (nSPS) is 10.6. The van der Waals surface area contributed by atoms with Crippen LogP contribution in [0.1, 0.15) is 0 Å². The first kappa shape index (κ1) is 17.2. The molecule has 1 amide bonds. The molecule has 3 rings (SSSR count).